The third kappa shape index (κ3) is 2.36. The van der Waals surface area contributed by atoms with Crippen molar-refractivity contribution in [3.63, 3.8) is 0 Å². The van der Waals surface area contributed by atoms with Crippen LogP contribution in [0.3, 0.4) is 0 Å². The second kappa shape index (κ2) is 6.26. The van der Waals surface area contributed by atoms with Crippen molar-refractivity contribution >= 4 is 17.5 Å². The van der Waals surface area contributed by atoms with Crippen LogP contribution < -0.4 is 0 Å². The summed E-state index contributed by atoms with van der Waals surface area (Å²) in [4.78, 5) is 37.1. The van der Waals surface area contributed by atoms with Gasteiger partial charge in [0.25, 0.3) is 0 Å². The Kier molecular flexibility index (Phi) is 4.44. The molecule has 0 spiro atoms. The molecule has 0 aromatic rings. The Bertz CT molecular complexity index is 640. The molecule has 0 unspecified atom stereocenters. The molecule has 0 aromatic heterocycles. The van der Waals surface area contributed by atoms with Crippen LogP contribution in [0.5, 0.6) is 0 Å². The first-order chi connectivity index (χ1) is 11.5. The summed E-state index contributed by atoms with van der Waals surface area (Å²) in [5, 5.41) is 0. The monoisotopic (exact) mass is 334 g/mol. The number of ether oxygens (including phenoxy) is 3. The van der Waals surface area contributed by atoms with Crippen LogP contribution >= 0.6 is 0 Å². The lowest BCUT2D eigenvalue weighted by molar-refractivity contribution is -0.239. The first-order valence-corrected chi connectivity index (χ1v) is 8.16. The van der Waals surface area contributed by atoms with E-state index in [9.17, 15) is 14.4 Å². The highest BCUT2D eigenvalue weighted by Crippen LogP contribution is 2.52. The molecule has 4 aliphatic carbocycles. The summed E-state index contributed by atoms with van der Waals surface area (Å²) in [6.45, 7) is 0. The molecule has 2 bridgehead atoms. The fraction of sp³-hybridized carbons (Fsp3) is 0.611. The number of esters is 1. The minimum atomic E-state index is -1.36. The van der Waals surface area contributed by atoms with Gasteiger partial charge in [-0.1, -0.05) is 11.6 Å². The fourth-order valence-corrected chi connectivity index (χ4v) is 4.38. The highest BCUT2D eigenvalue weighted by molar-refractivity contribution is 6.04. The van der Waals surface area contributed by atoms with Crippen LogP contribution in [-0.2, 0) is 28.6 Å². The number of rotatable bonds is 4. The predicted molar refractivity (Wildman–Crippen MR) is 83.9 cm³/mol. The van der Waals surface area contributed by atoms with E-state index in [1.165, 1.54) is 21.3 Å². The molecule has 24 heavy (non-hydrogen) atoms. The first kappa shape index (κ1) is 17.0. The van der Waals surface area contributed by atoms with Gasteiger partial charge in [-0.3, -0.25) is 9.59 Å². The third-order valence-corrected chi connectivity index (χ3v) is 5.48. The van der Waals surface area contributed by atoms with Crippen LogP contribution in [0.25, 0.3) is 0 Å². The van der Waals surface area contributed by atoms with Crippen molar-refractivity contribution in [1.82, 2.24) is 0 Å². The standard InChI is InChI=1S/C18H22O6/c1-22-17(21)14-9-11-8-13(10-5-4-6-12(19)7-10)15(14)16(20)18(11,23-2)24-3/h7,9,11,13,15H,4-6,8H2,1-3H3/t11-,13+,15+/m0/s1. The van der Waals surface area contributed by atoms with Crippen molar-refractivity contribution < 1.29 is 28.6 Å². The molecule has 0 aliphatic heterocycles. The first-order valence-electron chi connectivity index (χ1n) is 8.16. The zero-order valence-electron chi connectivity index (χ0n) is 14.2. The van der Waals surface area contributed by atoms with Gasteiger partial charge < -0.3 is 14.2 Å². The Balaban J connectivity index is 2.06. The van der Waals surface area contributed by atoms with Crippen LogP contribution in [0.4, 0.5) is 0 Å². The van der Waals surface area contributed by atoms with Gasteiger partial charge in [-0.2, -0.15) is 0 Å². The highest BCUT2D eigenvalue weighted by Gasteiger charge is 2.61. The lowest BCUT2D eigenvalue weighted by Gasteiger charge is -2.50. The summed E-state index contributed by atoms with van der Waals surface area (Å²) in [5.41, 5.74) is 1.30. The lowest BCUT2D eigenvalue weighted by atomic mass is 9.58. The van der Waals surface area contributed by atoms with Crippen molar-refractivity contribution in [1.29, 1.82) is 0 Å². The summed E-state index contributed by atoms with van der Waals surface area (Å²) in [6, 6.07) is 0. The Morgan fingerprint density at radius 1 is 1.17 bits per heavy atom. The van der Waals surface area contributed by atoms with Crippen molar-refractivity contribution in [2.75, 3.05) is 21.3 Å². The molecule has 1 fully saturated rings. The number of fused-ring (bicyclic) bond motifs is 2. The fourth-order valence-electron chi connectivity index (χ4n) is 4.38. The number of carbonyl (C=O) groups is 3. The van der Waals surface area contributed by atoms with Gasteiger partial charge in [0, 0.05) is 32.1 Å². The third-order valence-electron chi connectivity index (χ3n) is 5.48. The molecule has 0 aromatic carbocycles. The Morgan fingerprint density at radius 2 is 1.88 bits per heavy atom. The van der Waals surface area contributed by atoms with Crippen molar-refractivity contribution in [2.24, 2.45) is 17.8 Å². The number of ketones is 2. The van der Waals surface area contributed by atoms with Crippen LogP contribution in [0.1, 0.15) is 25.7 Å². The summed E-state index contributed by atoms with van der Waals surface area (Å²) in [5.74, 6) is -3.32. The van der Waals surface area contributed by atoms with Gasteiger partial charge in [-0.05, 0) is 31.3 Å². The van der Waals surface area contributed by atoms with E-state index in [0.717, 1.165) is 18.4 Å². The maximum absolute atomic E-state index is 13.1. The van der Waals surface area contributed by atoms with E-state index >= 15 is 0 Å². The zero-order chi connectivity index (χ0) is 17.5. The molecular formula is C18H22O6. The number of Topliss-reactive ketones (excluding diaryl/α,β-unsaturated/α-hetero) is 1. The summed E-state index contributed by atoms with van der Waals surface area (Å²) in [7, 11) is 4.17. The zero-order valence-corrected chi connectivity index (χ0v) is 14.2. The van der Waals surface area contributed by atoms with E-state index in [1.807, 2.05) is 0 Å². The molecule has 0 heterocycles. The summed E-state index contributed by atoms with van der Waals surface area (Å²) in [6.07, 6.45) is 6.10. The molecule has 6 heteroatoms. The minimum Gasteiger partial charge on any atom is -0.466 e. The average molecular weight is 334 g/mol. The van der Waals surface area contributed by atoms with E-state index < -0.39 is 17.7 Å². The molecular weight excluding hydrogens is 312 g/mol. The number of hydrogen-bond acceptors (Lipinski definition) is 6. The number of carbonyl (C=O) groups excluding carboxylic acids is 3. The van der Waals surface area contributed by atoms with E-state index in [0.29, 0.717) is 18.4 Å². The molecule has 3 atom stereocenters. The average Bonchev–Trinajstić information content (AvgIpc) is 2.61. The van der Waals surface area contributed by atoms with Gasteiger partial charge in [-0.25, -0.2) is 4.79 Å². The van der Waals surface area contributed by atoms with E-state index in [2.05, 4.69) is 0 Å². The maximum atomic E-state index is 13.1. The Morgan fingerprint density at radius 3 is 2.42 bits per heavy atom. The van der Waals surface area contributed by atoms with Gasteiger partial charge in [0.05, 0.1) is 13.0 Å². The minimum absolute atomic E-state index is 0.0819. The second-order valence-corrected chi connectivity index (χ2v) is 6.52. The molecule has 0 amide bonds. The number of allylic oxidation sites excluding steroid dienone is 2. The van der Waals surface area contributed by atoms with Crippen molar-refractivity contribution in [3.05, 3.63) is 23.3 Å². The Hall–Kier alpha value is -1.79. The van der Waals surface area contributed by atoms with E-state index in [-0.39, 0.29) is 23.4 Å². The maximum Gasteiger partial charge on any atom is 0.334 e. The van der Waals surface area contributed by atoms with Crippen LogP contribution in [-0.4, -0.2) is 44.7 Å². The van der Waals surface area contributed by atoms with E-state index in [1.54, 1.807) is 12.2 Å². The quantitative estimate of drug-likeness (QED) is 0.574. The number of methoxy groups -OCH3 is 3. The van der Waals surface area contributed by atoms with Crippen molar-refractivity contribution in [2.45, 2.75) is 31.5 Å². The molecule has 0 N–H and O–H groups in total. The largest absolute Gasteiger partial charge is 0.466 e. The molecule has 1 saturated carbocycles. The normalized spacial score (nSPS) is 31.5. The van der Waals surface area contributed by atoms with Gasteiger partial charge in [0.15, 0.2) is 5.78 Å². The molecule has 4 rings (SSSR count). The molecule has 130 valence electrons. The molecule has 6 nitrogen and oxygen atoms in total. The molecule has 0 saturated heterocycles. The summed E-state index contributed by atoms with van der Waals surface area (Å²) >= 11 is 0. The SMILES string of the molecule is COC(=O)C1=C[C@@H]2C[C@H](C3=CC(=O)CCC3)[C@H]1C(=O)C2(OC)OC. The van der Waals surface area contributed by atoms with Crippen molar-refractivity contribution in [3.8, 4) is 0 Å². The molecule has 4 aliphatic rings. The topological polar surface area (TPSA) is 78.9 Å². The van der Waals surface area contributed by atoms with Gasteiger partial charge in [0.2, 0.25) is 11.6 Å². The van der Waals surface area contributed by atoms with E-state index in [4.69, 9.17) is 14.2 Å². The number of hydrogen-bond donors (Lipinski definition) is 0. The van der Waals surface area contributed by atoms with Gasteiger partial charge in [-0.15, -0.1) is 0 Å². The van der Waals surface area contributed by atoms with Gasteiger partial charge >= 0.3 is 5.97 Å². The van der Waals surface area contributed by atoms with Crippen LogP contribution in [0.15, 0.2) is 23.3 Å². The van der Waals surface area contributed by atoms with Gasteiger partial charge in [0.1, 0.15) is 0 Å². The molecule has 0 radical (unpaired) electrons. The smallest absolute Gasteiger partial charge is 0.334 e. The van der Waals surface area contributed by atoms with Crippen LogP contribution in [0, 0.1) is 17.8 Å². The Labute approximate surface area is 140 Å². The predicted octanol–water partition coefficient (Wildman–Crippen LogP) is 1.59. The highest BCUT2D eigenvalue weighted by atomic mass is 16.7. The summed E-state index contributed by atoms with van der Waals surface area (Å²) < 4.78 is 15.7. The van der Waals surface area contributed by atoms with Crippen LogP contribution in [0.2, 0.25) is 0 Å². The second-order valence-electron chi connectivity index (χ2n) is 6.52. The lowest BCUT2D eigenvalue weighted by Crippen LogP contribution is -2.61.